The molecule has 0 aromatic carbocycles. The van der Waals surface area contributed by atoms with Crippen LogP contribution in [-0.2, 0) is 11.3 Å². The lowest BCUT2D eigenvalue weighted by Crippen LogP contribution is -2.38. The van der Waals surface area contributed by atoms with Gasteiger partial charge in [0.1, 0.15) is 0 Å². The van der Waals surface area contributed by atoms with Crippen LogP contribution in [0.4, 0.5) is 0 Å². The summed E-state index contributed by atoms with van der Waals surface area (Å²) in [5.41, 5.74) is 1.38. The average molecular weight is 295 g/mol. The van der Waals surface area contributed by atoms with Crippen LogP contribution in [0.25, 0.3) is 0 Å². The van der Waals surface area contributed by atoms with E-state index in [2.05, 4.69) is 18.9 Å². The summed E-state index contributed by atoms with van der Waals surface area (Å²) in [6.07, 6.45) is 1.53. The highest BCUT2D eigenvalue weighted by Gasteiger charge is 2.23. The Labute approximate surface area is 125 Å². The Kier molecular flexibility index (Phi) is 5.93. The molecule has 0 unspecified atom stereocenters. The summed E-state index contributed by atoms with van der Waals surface area (Å²) in [6.45, 7) is 10.8. The number of aliphatic carboxylic acids is 1. The van der Waals surface area contributed by atoms with Gasteiger partial charge in [-0.25, -0.2) is 0 Å². The van der Waals surface area contributed by atoms with Crippen molar-refractivity contribution in [3.63, 3.8) is 0 Å². The van der Waals surface area contributed by atoms with Crippen molar-refractivity contribution in [2.45, 2.75) is 53.6 Å². The molecule has 118 valence electrons. The molecule has 0 saturated carbocycles. The van der Waals surface area contributed by atoms with E-state index in [1.165, 1.54) is 0 Å². The molecule has 6 heteroatoms. The number of nitrogens with zero attached hydrogens (tertiary/aromatic N) is 3. The molecular weight excluding hydrogens is 270 g/mol. The Balaban J connectivity index is 2.93. The molecule has 0 spiro atoms. The zero-order chi connectivity index (χ0) is 16.2. The molecule has 1 aromatic rings. The molecule has 0 radical (unpaired) electrons. The Morgan fingerprint density at radius 1 is 1.33 bits per heavy atom. The molecule has 0 bridgehead atoms. The number of aromatic nitrogens is 2. The van der Waals surface area contributed by atoms with Gasteiger partial charge in [-0.15, -0.1) is 0 Å². The summed E-state index contributed by atoms with van der Waals surface area (Å²) < 4.78 is 1.83. The predicted molar refractivity (Wildman–Crippen MR) is 80.2 cm³/mol. The number of carbonyl (C=O) groups excluding carboxylic acids is 1. The number of carbonyl (C=O) groups is 2. The lowest BCUT2D eigenvalue weighted by atomic mass is 10.1. The lowest BCUT2D eigenvalue weighted by Gasteiger charge is -2.26. The van der Waals surface area contributed by atoms with Crippen molar-refractivity contribution in [1.29, 1.82) is 0 Å². The van der Waals surface area contributed by atoms with E-state index in [0.717, 1.165) is 12.2 Å². The Morgan fingerprint density at radius 3 is 2.43 bits per heavy atom. The minimum absolute atomic E-state index is 0.0512. The van der Waals surface area contributed by atoms with Crippen molar-refractivity contribution in [3.05, 3.63) is 17.5 Å². The van der Waals surface area contributed by atoms with Crippen molar-refractivity contribution < 1.29 is 14.7 Å². The third-order valence-electron chi connectivity index (χ3n) is 3.32. The molecule has 1 N–H and O–H groups in total. The van der Waals surface area contributed by atoms with E-state index in [1.807, 2.05) is 25.5 Å². The van der Waals surface area contributed by atoms with E-state index < -0.39 is 5.97 Å². The summed E-state index contributed by atoms with van der Waals surface area (Å²) in [7, 11) is 0. The van der Waals surface area contributed by atoms with Crippen LogP contribution in [0.3, 0.4) is 0 Å². The fourth-order valence-corrected chi connectivity index (χ4v) is 2.15. The van der Waals surface area contributed by atoms with Gasteiger partial charge in [-0.05, 0) is 26.7 Å². The fourth-order valence-electron chi connectivity index (χ4n) is 2.15. The van der Waals surface area contributed by atoms with Gasteiger partial charge in [-0.1, -0.05) is 13.8 Å². The Morgan fingerprint density at radius 2 is 1.95 bits per heavy atom. The van der Waals surface area contributed by atoms with Crippen LogP contribution in [0.15, 0.2) is 6.20 Å². The van der Waals surface area contributed by atoms with Crippen LogP contribution in [0.2, 0.25) is 0 Å². The van der Waals surface area contributed by atoms with E-state index in [9.17, 15) is 9.59 Å². The molecule has 0 aliphatic heterocycles. The smallest absolute Gasteiger partial charge is 0.305 e. The quantitative estimate of drug-likeness (QED) is 0.836. The predicted octanol–water partition coefficient (Wildman–Crippen LogP) is 2.17. The summed E-state index contributed by atoms with van der Waals surface area (Å²) in [4.78, 5) is 24.9. The summed E-state index contributed by atoms with van der Waals surface area (Å²) in [5, 5.41) is 13.1. The highest BCUT2D eigenvalue weighted by molar-refractivity contribution is 5.95. The molecule has 1 amide bonds. The normalized spacial score (nSPS) is 11.2. The second-order valence-electron chi connectivity index (χ2n) is 5.96. The number of hydrogen-bond donors (Lipinski definition) is 1. The van der Waals surface area contributed by atoms with Gasteiger partial charge in [-0.2, -0.15) is 5.10 Å². The summed E-state index contributed by atoms with van der Waals surface area (Å²) >= 11 is 0. The molecule has 0 fully saturated rings. The van der Waals surface area contributed by atoms with Gasteiger partial charge in [0.2, 0.25) is 0 Å². The number of rotatable bonds is 7. The topological polar surface area (TPSA) is 75.4 Å². The van der Waals surface area contributed by atoms with Crippen molar-refractivity contribution in [2.75, 3.05) is 6.54 Å². The molecule has 6 nitrogen and oxygen atoms in total. The third kappa shape index (κ3) is 4.58. The van der Waals surface area contributed by atoms with Gasteiger partial charge in [0.05, 0.1) is 18.2 Å². The Hall–Kier alpha value is -1.85. The third-order valence-corrected chi connectivity index (χ3v) is 3.32. The second kappa shape index (κ2) is 7.24. The molecule has 0 aliphatic carbocycles. The van der Waals surface area contributed by atoms with Gasteiger partial charge >= 0.3 is 5.97 Å². The maximum absolute atomic E-state index is 12.6. The standard InChI is InChI=1S/C15H25N3O3/c1-10(2)9-18-12(5)13(8-16-18)15(21)17(11(3)4)7-6-14(19)20/h8,10-11H,6-7,9H2,1-5H3,(H,19,20). The molecule has 0 saturated heterocycles. The summed E-state index contributed by atoms with van der Waals surface area (Å²) in [6, 6.07) is -0.0512. The van der Waals surface area contributed by atoms with E-state index in [0.29, 0.717) is 11.5 Å². The first-order valence-electron chi connectivity index (χ1n) is 7.29. The van der Waals surface area contributed by atoms with E-state index in [1.54, 1.807) is 11.1 Å². The average Bonchev–Trinajstić information content (AvgIpc) is 2.69. The SMILES string of the molecule is Cc1c(C(=O)N(CCC(=O)O)C(C)C)cnn1CC(C)C. The molecular formula is C15H25N3O3. The molecule has 1 rings (SSSR count). The van der Waals surface area contributed by atoms with Gasteiger partial charge < -0.3 is 10.0 Å². The van der Waals surface area contributed by atoms with Crippen LogP contribution in [0.1, 0.15) is 50.2 Å². The first-order valence-corrected chi connectivity index (χ1v) is 7.29. The van der Waals surface area contributed by atoms with E-state index in [-0.39, 0.29) is 24.9 Å². The molecule has 1 heterocycles. The molecule has 1 aromatic heterocycles. The second-order valence-corrected chi connectivity index (χ2v) is 5.96. The number of hydrogen-bond acceptors (Lipinski definition) is 3. The minimum Gasteiger partial charge on any atom is -0.481 e. The Bertz CT molecular complexity index is 506. The van der Waals surface area contributed by atoms with Crippen LogP contribution in [-0.4, -0.2) is 44.3 Å². The van der Waals surface area contributed by atoms with Crippen LogP contribution < -0.4 is 0 Å². The minimum atomic E-state index is -0.902. The number of carboxylic acid groups (broad SMARTS) is 1. The maximum Gasteiger partial charge on any atom is 0.305 e. The number of carboxylic acids is 1. The molecule has 21 heavy (non-hydrogen) atoms. The van der Waals surface area contributed by atoms with Crippen LogP contribution >= 0.6 is 0 Å². The van der Waals surface area contributed by atoms with Crippen molar-refractivity contribution >= 4 is 11.9 Å². The first kappa shape index (κ1) is 17.2. The molecule has 0 atom stereocenters. The largest absolute Gasteiger partial charge is 0.481 e. The van der Waals surface area contributed by atoms with Crippen LogP contribution in [0.5, 0.6) is 0 Å². The van der Waals surface area contributed by atoms with Crippen molar-refractivity contribution in [1.82, 2.24) is 14.7 Å². The highest BCUT2D eigenvalue weighted by atomic mass is 16.4. The first-order chi connectivity index (χ1) is 9.73. The van der Waals surface area contributed by atoms with Crippen LogP contribution in [0, 0.1) is 12.8 Å². The van der Waals surface area contributed by atoms with Gasteiger partial charge in [-0.3, -0.25) is 14.3 Å². The molecule has 0 aliphatic rings. The summed E-state index contributed by atoms with van der Waals surface area (Å²) in [5.74, 6) is -0.612. The van der Waals surface area contributed by atoms with Gasteiger partial charge in [0.25, 0.3) is 5.91 Å². The fraction of sp³-hybridized carbons (Fsp3) is 0.667. The zero-order valence-electron chi connectivity index (χ0n) is 13.5. The monoisotopic (exact) mass is 295 g/mol. The van der Waals surface area contributed by atoms with Crippen molar-refractivity contribution in [3.8, 4) is 0 Å². The highest BCUT2D eigenvalue weighted by Crippen LogP contribution is 2.14. The van der Waals surface area contributed by atoms with Crippen molar-refractivity contribution in [2.24, 2.45) is 5.92 Å². The lowest BCUT2D eigenvalue weighted by molar-refractivity contribution is -0.137. The maximum atomic E-state index is 12.6. The zero-order valence-corrected chi connectivity index (χ0v) is 13.5. The van der Waals surface area contributed by atoms with Gasteiger partial charge in [0.15, 0.2) is 0 Å². The number of amides is 1. The van der Waals surface area contributed by atoms with E-state index in [4.69, 9.17) is 5.11 Å². The van der Waals surface area contributed by atoms with Gasteiger partial charge in [0, 0.05) is 24.8 Å². The van der Waals surface area contributed by atoms with E-state index >= 15 is 0 Å².